The molecule has 2 heterocycles. The number of hydrogen-bond donors (Lipinski definition) is 1. The molecule has 0 amide bonds. The van der Waals surface area contributed by atoms with Crippen molar-refractivity contribution < 1.29 is 4.74 Å². The van der Waals surface area contributed by atoms with Gasteiger partial charge in [0.15, 0.2) is 0 Å². The molecule has 0 spiro atoms. The zero-order valence-corrected chi connectivity index (χ0v) is 13.7. The van der Waals surface area contributed by atoms with Gasteiger partial charge in [-0.1, -0.05) is 6.92 Å². The van der Waals surface area contributed by atoms with E-state index in [1.165, 1.54) is 24.8 Å². The summed E-state index contributed by atoms with van der Waals surface area (Å²) >= 11 is 1.78. The summed E-state index contributed by atoms with van der Waals surface area (Å²) in [5, 5.41) is 8.01. The van der Waals surface area contributed by atoms with Crippen molar-refractivity contribution in [2.75, 3.05) is 39.9 Å². The molecule has 3 nitrogen and oxygen atoms in total. The van der Waals surface area contributed by atoms with Gasteiger partial charge in [0, 0.05) is 31.7 Å². The van der Waals surface area contributed by atoms with Crippen molar-refractivity contribution in [1.29, 1.82) is 0 Å². The number of nitrogens with zero attached hydrogens (tertiary/aromatic N) is 1. The Labute approximate surface area is 127 Å². The topological polar surface area (TPSA) is 24.5 Å². The molecule has 0 aliphatic carbocycles. The lowest BCUT2D eigenvalue weighted by molar-refractivity contribution is -0.0236. The fourth-order valence-corrected chi connectivity index (χ4v) is 3.74. The highest BCUT2D eigenvalue weighted by Crippen LogP contribution is 2.29. The average molecular weight is 296 g/mol. The molecular formula is C16H28N2OS. The fourth-order valence-electron chi connectivity index (χ4n) is 3.08. The van der Waals surface area contributed by atoms with Crippen LogP contribution < -0.4 is 5.32 Å². The summed E-state index contributed by atoms with van der Waals surface area (Å²) in [5.41, 5.74) is 1.71. The monoisotopic (exact) mass is 296 g/mol. The molecule has 114 valence electrons. The molecule has 1 aromatic heterocycles. The third kappa shape index (κ3) is 4.85. The van der Waals surface area contributed by atoms with E-state index in [1.807, 2.05) is 0 Å². The van der Waals surface area contributed by atoms with Crippen LogP contribution in [0.3, 0.4) is 0 Å². The molecule has 1 aliphatic rings. The Kier molecular flexibility index (Phi) is 6.49. The van der Waals surface area contributed by atoms with Crippen LogP contribution in [0.5, 0.6) is 0 Å². The van der Waals surface area contributed by atoms with Crippen molar-refractivity contribution in [2.45, 2.75) is 32.7 Å². The molecule has 1 aliphatic heterocycles. The van der Waals surface area contributed by atoms with Gasteiger partial charge in [0.05, 0.1) is 6.61 Å². The summed E-state index contributed by atoms with van der Waals surface area (Å²) in [6.45, 7) is 8.39. The fraction of sp³-hybridized carbons (Fsp3) is 0.750. The highest BCUT2D eigenvalue weighted by atomic mass is 32.1. The quantitative estimate of drug-likeness (QED) is 0.746. The van der Waals surface area contributed by atoms with Gasteiger partial charge in [-0.2, -0.15) is 11.3 Å². The molecule has 1 unspecified atom stereocenters. The minimum Gasteiger partial charge on any atom is -0.381 e. The normalized spacial score (nSPS) is 23.4. The first-order chi connectivity index (χ1) is 9.74. The van der Waals surface area contributed by atoms with Gasteiger partial charge in [-0.15, -0.1) is 0 Å². The molecule has 1 aromatic rings. The number of hydrogen-bond acceptors (Lipinski definition) is 4. The lowest BCUT2D eigenvalue weighted by atomic mass is 9.81. The Morgan fingerprint density at radius 2 is 2.40 bits per heavy atom. The molecule has 1 saturated heterocycles. The second-order valence-electron chi connectivity index (χ2n) is 6.14. The highest BCUT2D eigenvalue weighted by molar-refractivity contribution is 7.07. The van der Waals surface area contributed by atoms with Crippen LogP contribution in [-0.4, -0.2) is 44.8 Å². The van der Waals surface area contributed by atoms with Crippen LogP contribution in [0.1, 0.15) is 31.7 Å². The van der Waals surface area contributed by atoms with E-state index >= 15 is 0 Å². The van der Waals surface area contributed by atoms with Crippen LogP contribution in [0.2, 0.25) is 0 Å². The van der Waals surface area contributed by atoms with Gasteiger partial charge in [0.1, 0.15) is 0 Å². The summed E-state index contributed by atoms with van der Waals surface area (Å²) in [5.74, 6) is 0. The van der Waals surface area contributed by atoms with Crippen LogP contribution in [-0.2, 0) is 11.3 Å². The van der Waals surface area contributed by atoms with Gasteiger partial charge in [-0.25, -0.2) is 0 Å². The zero-order valence-electron chi connectivity index (χ0n) is 12.9. The predicted octanol–water partition coefficient (Wildman–Crippen LogP) is 2.98. The van der Waals surface area contributed by atoms with Gasteiger partial charge in [-0.05, 0) is 55.2 Å². The van der Waals surface area contributed by atoms with E-state index in [-0.39, 0.29) is 5.41 Å². The summed E-state index contributed by atoms with van der Waals surface area (Å²) in [6.07, 6.45) is 3.67. The number of ether oxygens (including phenoxy) is 1. The van der Waals surface area contributed by atoms with Crippen LogP contribution in [0.4, 0.5) is 0 Å². The summed E-state index contributed by atoms with van der Waals surface area (Å²) in [7, 11) is 2.23. The van der Waals surface area contributed by atoms with E-state index in [0.717, 1.165) is 39.4 Å². The summed E-state index contributed by atoms with van der Waals surface area (Å²) in [6, 6.07) is 2.22. The van der Waals surface area contributed by atoms with E-state index in [9.17, 15) is 0 Å². The van der Waals surface area contributed by atoms with Gasteiger partial charge < -0.3 is 15.0 Å². The maximum Gasteiger partial charge on any atom is 0.0546 e. The molecule has 1 fully saturated rings. The van der Waals surface area contributed by atoms with E-state index in [4.69, 9.17) is 4.74 Å². The third-order valence-corrected chi connectivity index (χ3v) is 4.70. The summed E-state index contributed by atoms with van der Waals surface area (Å²) < 4.78 is 5.79. The van der Waals surface area contributed by atoms with Gasteiger partial charge >= 0.3 is 0 Å². The molecule has 1 atom stereocenters. The van der Waals surface area contributed by atoms with E-state index in [1.54, 1.807) is 11.3 Å². The Hall–Kier alpha value is -0.420. The maximum absolute atomic E-state index is 5.79. The maximum atomic E-state index is 5.79. The molecule has 4 heteroatoms. The lowest BCUT2D eigenvalue weighted by Crippen LogP contribution is -2.48. The van der Waals surface area contributed by atoms with Crippen LogP contribution >= 0.6 is 11.3 Å². The summed E-state index contributed by atoms with van der Waals surface area (Å²) in [4.78, 5) is 2.45. The molecular weight excluding hydrogens is 268 g/mol. The van der Waals surface area contributed by atoms with Crippen molar-refractivity contribution in [3.05, 3.63) is 22.4 Å². The molecule has 0 aromatic carbocycles. The van der Waals surface area contributed by atoms with Crippen LogP contribution in [0.15, 0.2) is 16.8 Å². The van der Waals surface area contributed by atoms with Crippen molar-refractivity contribution in [2.24, 2.45) is 5.41 Å². The molecule has 20 heavy (non-hydrogen) atoms. The zero-order chi connectivity index (χ0) is 14.3. The van der Waals surface area contributed by atoms with Gasteiger partial charge in [0.25, 0.3) is 0 Å². The molecule has 1 N–H and O–H groups in total. The lowest BCUT2D eigenvalue weighted by Gasteiger charge is -2.40. The molecule has 0 radical (unpaired) electrons. The number of rotatable bonds is 8. The van der Waals surface area contributed by atoms with Crippen molar-refractivity contribution in [3.63, 3.8) is 0 Å². The predicted molar refractivity (Wildman–Crippen MR) is 86.3 cm³/mol. The number of thiophene rings is 1. The van der Waals surface area contributed by atoms with Crippen LogP contribution in [0.25, 0.3) is 0 Å². The number of nitrogens with one attached hydrogen (secondary N) is 1. The first kappa shape index (κ1) is 16.0. The minimum atomic E-state index is 0.290. The third-order valence-electron chi connectivity index (χ3n) is 3.97. The molecule has 0 bridgehead atoms. The second kappa shape index (κ2) is 8.13. The van der Waals surface area contributed by atoms with E-state index < -0.39 is 0 Å². The average Bonchev–Trinajstić information content (AvgIpc) is 2.92. The minimum absolute atomic E-state index is 0.290. The Morgan fingerprint density at radius 1 is 1.50 bits per heavy atom. The molecule has 0 saturated carbocycles. The first-order valence-electron chi connectivity index (χ1n) is 7.72. The van der Waals surface area contributed by atoms with Crippen LogP contribution in [0, 0.1) is 5.41 Å². The Bertz CT molecular complexity index is 361. The largest absolute Gasteiger partial charge is 0.381 e. The Morgan fingerprint density at radius 3 is 3.05 bits per heavy atom. The van der Waals surface area contributed by atoms with Gasteiger partial charge in [-0.3, -0.25) is 0 Å². The van der Waals surface area contributed by atoms with Crippen molar-refractivity contribution in [1.82, 2.24) is 10.2 Å². The second-order valence-corrected chi connectivity index (χ2v) is 6.92. The standard InChI is InChI=1S/C16H28N2OS/c1-3-7-17-12-16(6-4-8-19-14-16)13-18(2)10-15-5-9-20-11-15/h5,9,11,17H,3-4,6-8,10,12-14H2,1-2H3. The smallest absolute Gasteiger partial charge is 0.0546 e. The first-order valence-corrected chi connectivity index (χ1v) is 8.66. The van der Waals surface area contributed by atoms with Gasteiger partial charge in [0.2, 0.25) is 0 Å². The van der Waals surface area contributed by atoms with Crippen molar-refractivity contribution >= 4 is 11.3 Å². The van der Waals surface area contributed by atoms with E-state index in [0.29, 0.717) is 0 Å². The molecule has 2 rings (SSSR count). The van der Waals surface area contributed by atoms with Crippen molar-refractivity contribution in [3.8, 4) is 0 Å². The van der Waals surface area contributed by atoms with E-state index in [2.05, 4.69) is 41.0 Å². The Balaban J connectivity index is 1.88. The SMILES string of the molecule is CCCNCC1(CN(C)Cc2ccsc2)CCCOC1. The highest BCUT2D eigenvalue weighted by Gasteiger charge is 2.33.